The maximum Gasteiger partial charge on any atom is 0.278 e. The summed E-state index contributed by atoms with van der Waals surface area (Å²) in [6, 6.07) is 22.7. The molecule has 1 saturated heterocycles. The summed E-state index contributed by atoms with van der Waals surface area (Å²) < 4.78 is 1.59. The monoisotopic (exact) mass is 523 g/mol. The third kappa shape index (κ3) is 6.80. The molecule has 1 aromatic heterocycles. The number of fused-ring (bicyclic) bond motifs is 1. The van der Waals surface area contributed by atoms with Gasteiger partial charge in [-0.25, -0.2) is 0 Å². The first kappa shape index (κ1) is 26.8. The van der Waals surface area contributed by atoms with E-state index < -0.39 is 0 Å². The van der Waals surface area contributed by atoms with E-state index in [2.05, 4.69) is 69.9 Å². The molecule has 0 radical (unpaired) electrons. The number of piperidine rings is 1. The lowest BCUT2D eigenvalue weighted by Crippen LogP contribution is -2.42. The van der Waals surface area contributed by atoms with Crippen molar-refractivity contribution in [2.75, 3.05) is 19.6 Å². The Morgan fingerprint density at radius 2 is 1.77 bits per heavy atom. The molecule has 0 unspecified atom stereocenters. The molecule has 0 atom stereocenters. The smallest absolute Gasteiger partial charge is 0.278 e. The van der Waals surface area contributed by atoms with Crippen molar-refractivity contribution >= 4 is 16.7 Å². The lowest BCUT2D eigenvalue weighted by atomic mass is 10.0. The number of hydrogen-bond donors (Lipinski definition) is 2. The normalized spacial score (nSPS) is 14.5. The van der Waals surface area contributed by atoms with Crippen LogP contribution in [0.25, 0.3) is 16.5 Å². The highest BCUT2D eigenvalue weighted by atomic mass is 16.1. The summed E-state index contributed by atoms with van der Waals surface area (Å²) in [5.74, 6) is -0.0923. The Hall–Kier alpha value is -3.81. The molecule has 1 amide bonds. The van der Waals surface area contributed by atoms with Gasteiger partial charge in [0.25, 0.3) is 11.5 Å². The molecule has 3 aromatic carbocycles. The van der Waals surface area contributed by atoms with Crippen molar-refractivity contribution in [2.45, 2.75) is 51.7 Å². The van der Waals surface area contributed by atoms with Crippen LogP contribution in [0.15, 0.2) is 83.9 Å². The Balaban J connectivity index is 1.13. The van der Waals surface area contributed by atoms with Gasteiger partial charge >= 0.3 is 0 Å². The Kier molecular flexibility index (Phi) is 8.81. The van der Waals surface area contributed by atoms with Gasteiger partial charge in [0.2, 0.25) is 0 Å². The maximum absolute atomic E-state index is 13.2. The van der Waals surface area contributed by atoms with Gasteiger partial charge in [-0.3, -0.25) is 24.0 Å². The first-order chi connectivity index (χ1) is 19.1. The van der Waals surface area contributed by atoms with E-state index in [1.54, 1.807) is 41.2 Å². The van der Waals surface area contributed by atoms with Gasteiger partial charge in [-0.05, 0) is 79.0 Å². The molecule has 39 heavy (non-hydrogen) atoms. The van der Waals surface area contributed by atoms with E-state index >= 15 is 0 Å². The molecule has 1 aliphatic rings. The van der Waals surface area contributed by atoms with Gasteiger partial charge in [0, 0.05) is 49.3 Å². The second kappa shape index (κ2) is 12.8. The third-order valence-corrected chi connectivity index (χ3v) is 7.50. The molecule has 202 valence electrons. The number of nitrogens with one attached hydrogen (secondary N) is 2. The molecule has 0 aliphatic carbocycles. The zero-order chi connectivity index (χ0) is 27.0. The summed E-state index contributed by atoms with van der Waals surface area (Å²) in [6.07, 6.45) is 7.40. The quantitative estimate of drug-likeness (QED) is 0.296. The number of carbonyl (C=O) groups excluding carboxylic acids is 1. The summed E-state index contributed by atoms with van der Waals surface area (Å²) in [6.45, 7) is 6.20. The molecule has 1 aliphatic heterocycles. The number of aromatic nitrogens is 2. The zero-order valence-corrected chi connectivity index (χ0v) is 22.6. The van der Waals surface area contributed by atoms with Crippen molar-refractivity contribution in [3.05, 3.63) is 106 Å². The van der Waals surface area contributed by atoms with E-state index in [1.165, 1.54) is 16.3 Å². The number of likely N-dealkylation sites (tertiary alicyclic amines) is 1. The maximum atomic E-state index is 13.2. The van der Waals surface area contributed by atoms with E-state index in [9.17, 15) is 9.59 Å². The fraction of sp³-hybridized carbons (Fsp3) is 0.344. The van der Waals surface area contributed by atoms with Crippen LogP contribution in [0.1, 0.15) is 54.2 Å². The topological polar surface area (TPSA) is 79.3 Å². The first-order valence-corrected chi connectivity index (χ1v) is 14.0. The number of hydrogen-bond acceptors (Lipinski definition) is 5. The fourth-order valence-electron chi connectivity index (χ4n) is 5.16. The third-order valence-electron chi connectivity index (χ3n) is 7.50. The number of benzene rings is 3. The molecule has 5 rings (SSSR count). The van der Waals surface area contributed by atoms with Crippen LogP contribution in [0.2, 0.25) is 0 Å². The van der Waals surface area contributed by atoms with Crippen molar-refractivity contribution in [3.63, 3.8) is 0 Å². The molecule has 2 N–H and O–H groups in total. The number of nitrogens with zero attached hydrogens (tertiary/aromatic N) is 3. The van der Waals surface area contributed by atoms with Crippen LogP contribution in [0.4, 0.5) is 0 Å². The molecule has 0 saturated carbocycles. The highest BCUT2D eigenvalue weighted by Gasteiger charge is 2.20. The van der Waals surface area contributed by atoms with Gasteiger partial charge in [-0.1, -0.05) is 49.7 Å². The first-order valence-electron chi connectivity index (χ1n) is 14.0. The minimum absolute atomic E-state index is 0.0923. The number of carbonyl (C=O) groups is 1. The van der Waals surface area contributed by atoms with E-state index in [4.69, 9.17) is 0 Å². The average Bonchev–Trinajstić information content (AvgIpc) is 2.97. The SMILES string of the molecule is CCCCNC(=O)c1ccc(-n2ccnc(CNC3CCN(Cc4ccc5ccccc5c4)CC3)c2=O)cc1. The molecule has 1 fully saturated rings. The van der Waals surface area contributed by atoms with E-state index in [-0.39, 0.29) is 11.5 Å². The second-order valence-electron chi connectivity index (χ2n) is 10.3. The molecule has 2 heterocycles. The Morgan fingerprint density at radius 3 is 2.54 bits per heavy atom. The van der Waals surface area contributed by atoms with Crippen molar-refractivity contribution in [1.82, 2.24) is 25.1 Å². The predicted molar refractivity (Wildman–Crippen MR) is 156 cm³/mol. The summed E-state index contributed by atoms with van der Waals surface area (Å²) in [5, 5.41) is 9.04. The van der Waals surface area contributed by atoms with Crippen LogP contribution in [-0.2, 0) is 13.1 Å². The molecular formula is C32H37N5O2. The number of amides is 1. The summed E-state index contributed by atoms with van der Waals surface area (Å²) in [4.78, 5) is 32.3. The number of rotatable bonds is 10. The van der Waals surface area contributed by atoms with Gasteiger partial charge in [0.05, 0.1) is 0 Å². The van der Waals surface area contributed by atoms with Gasteiger partial charge in [0.1, 0.15) is 5.69 Å². The Labute approximate surface area is 229 Å². The molecule has 7 heteroatoms. The van der Waals surface area contributed by atoms with Crippen molar-refractivity contribution < 1.29 is 4.79 Å². The van der Waals surface area contributed by atoms with E-state index in [0.717, 1.165) is 51.0 Å². The summed E-state index contributed by atoms with van der Waals surface area (Å²) >= 11 is 0. The van der Waals surface area contributed by atoms with Crippen LogP contribution in [0.5, 0.6) is 0 Å². The minimum Gasteiger partial charge on any atom is -0.352 e. The van der Waals surface area contributed by atoms with Gasteiger partial charge in [0.15, 0.2) is 0 Å². The van der Waals surface area contributed by atoms with Crippen LogP contribution >= 0.6 is 0 Å². The second-order valence-corrected chi connectivity index (χ2v) is 10.3. The highest BCUT2D eigenvalue weighted by molar-refractivity contribution is 5.94. The van der Waals surface area contributed by atoms with Gasteiger partial charge in [-0.2, -0.15) is 0 Å². The van der Waals surface area contributed by atoms with Crippen LogP contribution in [0, 0.1) is 0 Å². The lowest BCUT2D eigenvalue weighted by Gasteiger charge is -2.32. The predicted octanol–water partition coefficient (Wildman–Crippen LogP) is 4.67. The Bertz CT molecular complexity index is 1460. The fourth-order valence-corrected chi connectivity index (χ4v) is 5.16. The minimum atomic E-state index is -0.140. The van der Waals surface area contributed by atoms with Crippen LogP contribution in [0.3, 0.4) is 0 Å². The Morgan fingerprint density at radius 1 is 1.00 bits per heavy atom. The molecule has 4 aromatic rings. The molecule has 7 nitrogen and oxygen atoms in total. The van der Waals surface area contributed by atoms with Gasteiger partial charge in [-0.15, -0.1) is 0 Å². The average molecular weight is 524 g/mol. The van der Waals surface area contributed by atoms with Crippen LogP contribution < -0.4 is 16.2 Å². The largest absolute Gasteiger partial charge is 0.352 e. The summed E-state index contributed by atoms with van der Waals surface area (Å²) in [7, 11) is 0. The van der Waals surface area contributed by atoms with Gasteiger partial charge < -0.3 is 10.6 Å². The highest BCUT2D eigenvalue weighted by Crippen LogP contribution is 2.19. The zero-order valence-electron chi connectivity index (χ0n) is 22.6. The van der Waals surface area contributed by atoms with Crippen molar-refractivity contribution in [1.29, 1.82) is 0 Å². The van der Waals surface area contributed by atoms with E-state index in [0.29, 0.717) is 30.4 Å². The van der Waals surface area contributed by atoms with Crippen molar-refractivity contribution in [3.8, 4) is 5.69 Å². The standard InChI is InChI=1S/C32H37N5O2/c1-2-3-16-34-31(38)26-10-12-29(13-11-26)37-20-17-33-30(32(37)39)22-35-28-14-18-36(19-15-28)23-24-8-9-25-6-4-5-7-27(25)21-24/h4-13,17,20-21,28,35H,2-3,14-16,18-19,22-23H2,1H3,(H,34,38). The van der Waals surface area contributed by atoms with Crippen molar-refractivity contribution in [2.24, 2.45) is 0 Å². The molecular weight excluding hydrogens is 486 g/mol. The number of unbranched alkanes of at least 4 members (excludes halogenated alkanes) is 1. The lowest BCUT2D eigenvalue weighted by molar-refractivity contribution is 0.0953. The summed E-state index contributed by atoms with van der Waals surface area (Å²) in [5.41, 5.74) is 3.01. The van der Waals surface area contributed by atoms with E-state index in [1.807, 2.05) is 0 Å². The van der Waals surface area contributed by atoms with Crippen LogP contribution in [-0.4, -0.2) is 46.0 Å². The molecule has 0 spiro atoms. The molecule has 0 bridgehead atoms.